The molecule has 96 valence electrons. The van der Waals surface area contributed by atoms with Crippen LogP contribution in [0.25, 0.3) is 0 Å². The highest BCUT2D eigenvalue weighted by Crippen LogP contribution is 2.20. The molecule has 1 saturated heterocycles. The van der Waals surface area contributed by atoms with Crippen molar-refractivity contribution in [2.45, 2.75) is 31.7 Å². The summed E-state index contributed by atoms with van der Waals surface area (Å²) >= 11 is 5.35. The first-order valence-corrected chi connectivity index (χ1v) is 8.06. The quantitative estimate of drug-likeness (QED) is 0.897. The monoisotopic (exact) mass is 316 g/mol. The van der Waals surface area contributed by atoms with Crippen LogP contribution >= 0.6 is 27.3 Å². The second-order valence-corrected chi connectivity index (χ2v) is 6.80. The highest BCUT2D eigenvalue weighted by atomic mass is 79.9. The van der Waals surface area contributed by atoms with Crippen molar-refractivity contribution in [1.82, 2.24) is 10.2 Å². The predicted molar refractivity (Wildman–Crippen MR) is 78.9 cm³/mol. The van der Waals surface area contributed by atoms with Gasteiger partial charge < -0.3 is 10.2 Å². The van der Waals surface area contributed by atoms with E-state index in [0.29, 0.717) is 6.04 Å². The third-order valence-corrected chi connectivity index (χ3v) is 5.06. The Bertz CT molecular complexity index is 334. The SMILES string of the molecule is CN(CCc1cc(Br)cs1)CC1CCCCN1. The average molecular weight is 317 g/mol. The summed E-state index contributed by atoms with van der Waals surface area (Å²) in [5.74, 6) is 0. The lowest BCUT2D eigenvalue weighted by molar-refractivity contribution is 0.265. The Morgan fingerprint density at radius 1 is 1.53 bits per heavy atom. The number of piperidine rings is 1. The zero-order valence-electron chi connectivity index (χ0n) is 10.4. The van der Waals surface area contributed by atoms with Gasteiger partial charge in [-0.05, 0) is 54.9 Å². The molecule has 1 unspecified atom stereocenters. The second kappa shape index (κ2) is 6.88. The Hall–Kier alpha value is 0.1000. The third kappa shape index (κ3) is 4.70. The minimum atomic E-state index is 0.712. The minimum absolute atomic E-state index is 0.712. The first kappa shape index (κ1) is 13.5. The summed E-state index contributed by atoms with van der Waals surface area (Å²) in [5.41, 5.74) is 0. The van der Waals surface area contributed by atoms with Gasteiger partial charge in [-0.3, -0.25) is 0 Å². The molecule has 2 rings (SSSR count). The van der Waals surface area contributed by atoms with Crippen LogP contribution in [0.5, 0.6) is 0 Å². The third-order valence-electron chi connectivity index (χ3n) is 3.31. The fourth-order valence-corrected chi connectivity index (χ4v) is 3.78. The van der Waals surface area contributed by atoms with Gasteiger partial charge in [-0.2, -0.15) is 0 Å². The lowest BCUT2D eigenvalue weighted by Crippen LogP contribution is -2.42. The normalized spacial score (nSPS) is 21.0. The van der Waals surface area contributed by atoms with Crippen LogP contribution in [0, 0.1) is 0 Å². The van der Waals surface area contributed by atoms with Gasteiger partial charge >= 0.3 is 0 Å². The van der Waals surface area contributed by atoms with Gasteiger partial charge in [0, 0.05) is 33.9 Å². The van der Waals surface area contributed by atoms with Gasteiger partial charge in [0.1, 0.15) is 0 Å². The van der Waals surface area contributed by atoms with Crippen molar-refractivity contribution >= 4 is 27.3 Å². The van der Waals surface area contributed by atoms with Crippen LogP contribution in [0.15, 0.2) is 15.9 Å². The molecule has 0 spiro atoms. The van der Waals surface area contributed by atoms with Gasteiger partial charge in [-0.25, -0.2) is 0 Å². The zero-order valence-corrected chi connectivity index (χ0v) is 12.8. The summed E-state index contributed by atoms with van der Waals surface area (Å²) in [6.07, 6.45) is 5.25. The lowest BCUT2D eigenvalue weighted by Gasteiger charge is -2.28. The summed E-state index contributed by atoms with van der Waals surface area (Å²) in [7, 11) is 2.24. The maximum absolute atomic E-state index is 3.61. The molecule has 4 heteroatoms. The van der Waals surface area contributed by atoms with E-state index in [0.717, 1.165) is 6.54 Å². The highest BCUT2D eigenvalue weighted by molar-refractivity contribution is 9.10. The molecule has 0 saturated carbocycles. The summed E-state index contributed by atoms with van der Waals surface area (Å²) in [6, 6.07) is 2.95. The Labute approximate surface area is 117 Å². The van der Waals surface area contributed by atoms with Crippen molar-refractivity contribution in [2.75, 3.05) is 26.7 Å². The van der Waals surface area contributed by atoms with Gasteiger partial charge in [-0.15, -0.1) is 11.3 Å². The predicted octanol–water partition coefficient (Wildman–Crippen LogP) is 3.13. The standard InChI is InChI=1S/C13H21BrN2S/c1-16(9-12-4-2-3-6-15-12)7-5-13-8-11(14)10-17-13/h8,10,12,15H,2-7,9H2,1H3. The van der Waals surface area contributed by atoms with E-state index in [1.165, 1.54) is 48.1 Å². The Kier molecular flexibility index (Phi) is 5.48. The molecule has 0 amide bonds. The molecule has 0 aromatic carbocycles. The largest absolute Gasteiger partial charge is 0.313 e. The zero-order chi connectivity index (χ0) is 12.1. The molecule has 17 heavy (non-hydrogen) atoms. The number of nitrogens with zero attached hydrogens (tertiary/aromatic N) is 1. The van der Waals surface area contributed by atoms with Crippen molar-refractivity contribution in [3.05, 3.63) is 20.8 Å². The van der Waals surface area contributed by atoms with E-state index in [1.54, 1.807) is 0 Å². The maximum atomic E-state index is 3.61. The lowest BCUT2D eigenvalue weighted by atomic mass is 10.0. The van der Waals surface area contributed by atoms with E-state index in [-0.39, 0.29) is 0 Å². The summed E-state index contributed by atoms with van der Waals surface area (Å²) < 4.78 is 1.22. The molecule has 2 heterocycles. The Morgan fingerprint density at radius 3 is 3.06 bits per heavy atom. The van der Waals surface area contributed by atoms with E-state index in [2.05, 4.69) is 44.6 Å². The van der Waals surface area contributed by atoms with Crippen LogP contribution in [0.2, 0.25) is 0 Å². The molecule has 0 bridgehead atoms. The number of nitrogens with one attached hydrogen (secondary N) is 1. The molecule has 1 aromatic heterocycles. The number of likely N-dealkylation sites (N-methyl/N-ethyl adjacent to an activating group) is 1. The topological polar surface area (TPSA) is 15.3 Å². The van der Waals surface area contributed by atoms with Crippen molar-refractivity contribution < 1.29 is 0 Å². The average Bonchev–Trinajstić information content (AvgIpc) is 2.74. The molecular formula is C13H21BrN2S. The molecule has 1 aromatic rings. The molecule has 1 N–H and O–H groups in total. The van der Waals surface area contributed by atoms with Crippen LogP contribution in [0.1, 0.15) is 24.1 Å². The molecule has 0 aliphatic carbocycles. The van der Waals surface area contributed by atoms with Gasteiger partial charge in [0.25, 0.3) is 0 Å². The Balaban J connectivity index is 1.68. The van der Waals surface area contributed by atoms with Gasteiger partial charge in [0.2, 0.25) is 0 Å². The fraction of sp³-hybridized carbons (Fsp3) is 0.692. The van der Waals surface area contributed by atoms with E-state index in [9.17, 15) is 0 Å². The molecule has 0 radical (unpaired) electrons. The number of hydrogen-bond donors (Lipinski definition) is 1. The summed E-state index contributed by atoms with van der Waals surface area (Å²) in [6.45, 7) is 3.55. The number of halogens is 1. The van der Waals surface area contributed by atoms with Crippen molar-refractivity contribution in [2.24, 2.45) is 0 Å². The van der Waals surface area contributed by atoms with E-state index < -0.39 is 0 Å². The minimum Gasteiger partial charge on any atom is -0.313 e. The first-order valence-electron chi connectivity index (χ1n) is 6.39. The van der Waals surface area contributed by atoms with Crippen molar-refractivity contribution in [3.8, 4) is 0 Å². The summed E-state index contributed by atoms with van der Waals surface area (Å²) in [4.78, 5) is 3.93. The molecule has 1 aliphatic heterocycles. The molecular weight excluding hydrogens is 296 g/mol. The van der Waals surface area contributed by atoms with E-state index in [4.69, 9.17) is 0 Å². The Morgan fingerprint density at radius 2 is 2.41 bits per heavy atom. The highest BCUT2D eigenvalue weighted by Gasteiger charge is 2.14. The van der Waals surface area contributed by atoms with Crippen molar-refractivity contribution in [1.29, 1.82) is 0 Å². The first-order chi connectivity index (χ1) is 8.24. The number of thiophene rings is 1. The van der Waals surface area contributed by atoms with E-state index >= 15 is 0 Å². The van der Waals surface area contributed by atoms with Gasteiger partial charge in [0.05, 0.1) is 0 Å². The molecule has 1 fully saturated rings. The fourth-order valence-electron chi connectivity index (χ4n) is 2.33. The summed E-state index contributed by atoms with van der Waals surface area (Å²) in [5, 5.41) is 5.77. The molecule has 1 atom stereocenters. The van der Waals surface area contributed by atoms with E-state index in [1.807, 2.05) is 11.3 Å². The van der Waals surface area contributed by atoms with Crippen LogP contribution in [-0.4, -0.2) is 37.6 Å². The molecule has 1 aliphatic rings. The smallest absolute Gasteiger partial charge is 0.0285 e. The maximum Gasteiger partial charge on any atom is 0.0285 e. The number of hydrogen-bond acceptors (Lipinski definition) is 3. The van der Waals surface area contributed by atoms with Crippen LogP contribution in [-0.2, 0) is 6.42 Å². The van der Waals surface area contributed by atoms with Gasteiger partial charge in [0.15, 0.2) is 0 Å². The second-order valence-electron chi connectivity index (χ2n) is 4.89. The molecule has 2 nitrogen and oxygen atoms in total. The van der Waals surface area contributed by atoms with Crippen LogP contribution in [0.4, 0.5) is 0 Å². The van der Waals surface area contributed by atoms with Gasteiger partial charge in [-0.1, -0.05) is 6.42 Å². The van der Waals surface area contributed by atoms with Crippen LogP contribution in [0.3, 0.4) is 0 Å². The number of rotatable bonds is 5. The van der Waals surface area contributed by atoms with Crippen molar-refractivity contribution in [3.63, 3.8) is 0 Å². The van der Waals surface area contributed by atoms with Crippen LogP contribution < -0.4 is 5.32 Å².